The van der Waals surface area contributed by atoms with E-state index in [1.54, 1.807) is 36.4 Å². The van der Waals surface area contributed by atoms with Gasteiger partial charge in [-0.15, -0.1) is 0 Å². The minimum atomic E-state index is -1.01. The molecule has 1 fully saturated rings. The maximum absolute atomic E-state index is 12.7. The highest BCUT2D eigenvalue weighted by atomic mass is 16.4. The Morgan fingerprint density at radius 2 is 1.69 bits per heavy atom. The quantitative estimate of drug-likeness (QED) is 0.527. The van der Waals surface area contributed by atoms with Gasteiger partial charge >= 0.3 is 5.97 Å². The van der Waals surface area contributed by atoms with Crippen molar-refractivity contribution in [1.29, 1.82) is 0 Å². The smallest absolute Gasteiger partial charge is 0.335 e. The van der Waals surface area contributed by atoms with Crippen molar-refractivity contribution < 1.29 is 23.9 Å². The summed E-state index contributed by atoms with van der Waals surface area (Å²) in [6.45, 7) is 1.93. The molecule has 144 valence electrons. The van der Waals surface area contributed by atoms with Gasteiger partial charge in [0.05, 0.1) is 11.3 Å². The highest BCUT2D eigenvalue weighted by molar-refractivity contribution is 6.31. The molecule has 2 aromatic carbocycles. The number of carbonyl (C=O) groups excluding carboxylic acids is 2. The van der Waals surface area contributed by atoms with E-state index in [2.05, 4.69) is 5.43 Å². The SMILES string of the molecule is Cc1ccc(N2NC(=O)C(=Cc3ccc(-c4ccc(C(=O)O)cc4)o3)C2=O)cc1. The van der Waals surface area contributed by atoms with Crippen molar-refractivity contribution in [2.75, 3.05) is 5.01 Å². The Morgan fingerprint density at radius 1 is 1.00 bits per heavy atom. The molecular formula is C22H16N2O5. The van der Waals surface area contributed by atoms with Gasteiger partial charge in [-0.2, -0.15) is 0 Å². The van der Waals surface area contributed by atoms with Gasteiger partial charge in [-0.25, -0.2) is 9.80 Å². The van der Waals surface area contributed by atoms with Crippen molar-refractivity contribution >= 4 is 29.5 Å². The number of nitrogens with one attached hydrogen (secondary N) is 1. The summed E-state index contributed by atoms with van der Waals surface area (Å²) >= 11 is 0. The average Bonchev–Trinajstić information content (AvgIpc) is 3.29. The normalized spacial score (nSPS) is 15.1. The second-order valence-corrected chi connectivity index (χ2v) is 6.56. The first-order valence-corrected chi connectivity index (χ1v) is 8.80. The molecule has 2 amide bonds. The zero-order valence-corrected chi connectivity index (χ0v) is 15.4. The highest BCUT2D eigenvalue weighted by Crippen LogP contribution is 2.26. The molecule has 0 aliphatic carbocycles. The molecule has 7 heteroatoms. The van der Waals surface area contributed by atoms with Crippen LogP contribution in [0.25, 0.3) is 17.4 Å². The Bertz CT molecular complexity index is 1140. The van der Waals surface area contributed by atoms with E-state index in [9.17, 15) is 14.4 Å². The van der Waals surface area contributed by atoms with Gasteiger partial charge in [0.25, 0.3) is 11.8 Å². The Hall–Kier alpha value is -4.13. The van der Waals surface area contributed by atoms with E-state index >= 15 is 0 Å². The van der Waals surface area contributed by atoms with Crippen molar-refractivity contribution in [3.05, 3.63) is 83.1 Å². The molecule has 0 saturated carbocycles. The van der Waals surface area contributed by atoms with Gasteiger partial charge in [-0.3, -0.25) is 15.0 Å². The molecule has 2 N–H and O–H groups in total. The van der Waals surface area contributed by atoms with Crippen LogP contribution in [0.5, 0.6) is 0 Å². The molecule has 2 heterocycles. The van der Waals surface area contributed by atoms with Crippen molar-refractivity contribution in [2.45, 2.75) is 6.92 Å². The third-order valence-corrected chi connectivity index (χ3v) is 4.51. The lowest BCUT2D eigenvalue weighted by Crippen LogP contribution is -2.35. The number of hydrazine groups is 1. The van der Waals surface area contributed by atoms with Crippen molar-refractivity contribution in [2.24, 2.45) is 0 Å². The Morgan fingerprint density at radius 3 is 2.34 bits per heavy atom. The first-order valence-electron chi connectivity index (χ1n) is 8.80. The van der Waals surface area contributed by atoms with Crippen LogP contribution in [-0.2, 0) is 9.59 Å². The number of furan rings is 1. The van der Waals surface area contributed by atoms with Crippen LogP contribution in [0.2, 0.25) is 0 Å². The van der Waals surface area contributed by atoms with Crippen molar-refractivity contribution in [1.82, 2.24) is 5.43 Å². The van der Waals surface area contributed by atoms with E-state index in [-0.39, 0.29) is 11.1 Å². The number of anilines is 1. The van der Waals surface area contributed by atoms with Crippen LogP contribution < -0.4 is 10.4 Å². The summed E-state index contributed by atoms with van der Waals surface area (Å²) in [6.07, 6.45) is 1.39. The summed E-state index contributed by atoms with van der Waals surface area (Å²) in [5.41, 5.74) is 4.98. The lowest BCUT2D eigenvalue weighted by atomic mass is 10.1. The molecule has 1 aliphatic rings. The number of aromatic carboxylic acids is 1. The fraction of sp³-hybridized carbons (Fsp3) is 0.0455. The van der Waals surface area contributed by atoms with Crippen molar-refractivity contribution in [3.63, 3.8) is 0 Å². The average molecular weight is 388 g/mol. The number of hydrogen-bond acceptors (Lipinski definition) is 4. The summed E-state index contributed by atoms with van der Waals surface area (Å²) in [5.74, 6) is -1.16. The van der Waals surface area contributed by atoms with Crippen LogP contribution >= 0.6 is 0 Å². The van der Waals surface area contributed by atoms with E-state index in [0.717, 1.165) is 5.56 Å². The molecule has 1 aliphatic heterocycles. The number of carboxylic acids is 1. The van der Waals surface area contributed by atoms with Gasteiger partial charge in [0, 0.05) is 5.56 Å². The Kier molecular flexibility index (Phi) is 4.48. The highest BCUT2D eigenvalue weighted by Gasteiger charge is 2.34. The van der Waals surface area contributed by atoms with Crippen LogP contribution in [0.4, 0.5) is 5.69 Å². The lowest BCUT2D eigenvalue weighted by molar-refractivity contribution is -0.117. The number of hydrogen-bond donors (Lipinski definition) is 2. The summed E-state index contributed by atoms with van der Waals surface area (Å²) in [5, 5.41) is 10.2. The molecule has 4 rings (SSSR count). The van der Waals surface area contributed by atoms with Gasteiger partial charge < -0.3 is 9.52 Å². The molecule has 7 nitrogen and oxygen atoms in total. The standard InChI is InChI=1S/C22H16N2O5/c1-13-2-8-16(9-3-13)24-21(26)18(20(25)23-24)12-17-10-11-19(29-17)14-4-6-15(7-5-14)22(27)28/h2-12H,1H3,(H,23,25)(H,27,28). The number of rotatable bonds is 4. The first-order chi connectivity index (χ1) is 13.9. The molecule has 0 radical (unpaired) electrons. The second-order valence-electron chi connectivity index (χ2n) is 6.56. The zero-order chi connectivity index (χ0) is 20.5. The Labute approximate surface area is 165 Å². The molecule has 0 atom stereocenters. The summed E-state index contributed by atoms with van der Waals surface area (Å²) in [7, 11) is 0. The molecular weight excluding hydrogens is 372 g/mol. The number of nitrogens with zero attached hydrogens (tertiary/aromatic N) is 1. The third kappa shape index (κ3) is 3.53. The fourth-order valence-electron chi connectivity index (χ4n) is 2.94. The largest absolute Gasteiger partial charge is 0.478 e. The number of aryl methyl sites for hydroxylation is 1. The monoisotopic (exact) mass is 388 g/mol. The van der Waals surface area contributed by atoms with E-state index in [4.69, 9.17) is 9.52 Å². The van der Waals surface area contributed by atoms with Gasteiger partial charge in [0.2, 0.25) is 0 Å². The topological polar surface area (TPSA) is 99.8 Å². The van der Waals surface area contributed by atoms with Gasteiger partial charge in [-0.05, 0) is 49.4 Å². The van der Waals surface area contributed by atoms with Gasteiger partial charge in [0.15, 0.2) is 0 Å². The van der Waals surface area contributed by atoms with Crippen LogP contribution in [0.3, 0.4) is 0 Å². The maximum atomic E-state index is 12.7. The lowest BCUT2D eigenvalue weighted by Gasteiger charge is -2.14. The van der Waals surface area contributed by atoms with Crippen LogP contribution in [0, 0.1) is 6.92 Å². The number of benzene rings is 2. The first kappa shape index (κ1) is 18.2. The number of carboxylic acid groups (broad SMARTS) is 1. The van der Waals surface area contributed by atoms with Crippen molar-refractivity contribution in [3.8, 4) is 11.3 Å². The van der Waals surface area contributed by atoms with Crippen LogP contribution in [0.1, 0.15) is 21.7 Å². The fourth-order valence-corrected chi connectivity index (χ4v) is 2.94. The van der Waals surface area contributed by atoms with Crippen LogP contribution in [0.15, 0.2) is 70.7 Å². The van der Waals surface area contributed by atoms with Crippen LogP contribution in [-0.4, -0.2) is 22.9 Å². The third-order valence-electron chi connectivity index (χ3n) is 4.51. The minimum absolute atomic E-state index is 0.0345. The summed E-state index contributed by atoms with van der Waals surface area (Å²) < 4.78 is 5.71. The Balaban J connectivity index is 1.58. The summed E-state index contributed by atoms with van der Waals surface area (Å²) in [4.78, 5) is 35.9. The molecule has 3 aromatic rings. The van der Waals surface area contributed by atoms with E-state index in [1.807, 2.05) is 19.1 Å². The number of amides is 2. The zero-order valence-electron chi connectivity index (χ0n) is 15.4. The molecule has 1 aromatic heterocycles. The maximum Gasteiger partial charge on any atom is 0.335 e. The molecule has 0 spiro atoms. The minimum Gasteiger partial charge on any atom is -0.478 e. The molecule has 0 bridgehead atoms. The van der Waals surface area contributed by atoms with E-state index in [1.165, 1.54) is 23.2 Å². The predicted octanol–water partition coefficient (Wildman–Crippen LogP) is 3.41. The molecule has 1 saturated heterocycles. The molecule has 0 unspecified atom stereocenters. The predicted molar refractivity (Wildman–Crippen MR) is 106 cm³/mol. The van der Waals surface area contributed by atoms with Gasteiger partial charge in [0.1, 0.15) is 17.1 Å². The summed E-state index contributed by atoms with van der Waals surface area (Å²) in [6, 6.07) is 16.8. The van der Waals surface area contributed by atoms with Gasteiger partial charge in [-0.1, -0.05) is 29.8 Å². The second kappa shape index (κ2) is 7.12. The van der Waals surface area contributed by atoms with E-state index < -0.39 is 17.8 Å². The van der Waals surface area contributed by atoms with E-state index in [0.29, 0.717) is 22.8 Å². The molecule has 29 heavy (non-hydrogen) atoms. The number of carbonyl (C=O) groups is 3.